The number of fused-ring (bicyclic) bond motifs is 1. The second-order valence-electron chi connectivity index (χ2n) is 8.87. The Hall–Kier alpha value is -3.45. The van der Waals surface area contributed by atoms with Crippen molar-refractivity contribution in [2.45, 2.75) is 39.0 Å². The maximum absolute atomic E-state index is 14.7. The van der Waals surface area contributed by atoms with E-state index in [4.69, 9.17) is 4.74 Å². The zero-order valence-electron chi connectivity index (χ0n) is 18.4. The lowest BCUT2D eigenvalue weighted by Gasteiger charge is -2.23. The van der Waals surface area contributed by atoms with E-state index in [9.17, 15) is 9.18 Å². The number of ether oxygens (including phenoxy) is 1. The summed E-state index contributed by atoms with van der Waals surface area (Å²) in [5, 5.41) is 9.19. The second-order valence-corrected chi connectivity index (χ2v) is 8.87. The Bertz CT molecular complexity index is 1080. The lowest BCUT2D eigenvalue weighted by molar-refractivity contribution is 0.102. The average Bonchev–Trinajstić information content (AvgIpc) is 3.24. The highest BCUT2D eigenvalue weighted by atomic mass is 19.1. The molecule has 0 aliphatic carbocycles. The molecule has 2 atom stereocenters. The topological polar surface area (TPSA) is 74.8 Å². The van der Waals surface area contributed by atoms with Gasteiger partial charge < -0.3 is 20.7 Å². The van der Waals surface area contributed by atoms with E-state index in [2.05, 4.69) is 41.7 Å². The zero-order chi connectivity index (χ0) is 22.7. The van der Waals surface area contributed by atoms with E-state index in [1.165, 1.54) is 12.1 Å². The van der Waals surface area contributed by atoms with Crippen molar-refractivity contribution in [2.24, 2.45) is 10.9 Å². The van der Waals surface area contributed by atoms with E-state index in [0.717, 1.165) is 11.4 Å². The fourth-order valence-electron chi connectivity index (χ4n) is 3.42. The monoisotopic (exact) mass is 434 g/mol. The molecule has 4 rings (SSSR count). The lowest BCUT2D eigenvalue weighted by Crippen LogP contribution is -2.35. The van der Waals surface area contributed by atoms with E-state index < -0.39 is 5.82 Å². The van der Waals surface area contributed by atoms with Crippen LogP contribution in [0, 0.1) is 11.7 Å². The molecule has 6 nitrogen and oxygen atoms in total. The van der Waals surface area contributed by atoms with E-state index in [0.29, 0.717) is 17.8 Å². The molecule has 0 bridgehead atoms. The van der Waals surface area contributed by atoms with Crippen LogP contribution in [-0.2, 0) is 6.54 Å². The molecule has 2 aromatic carbocycles. The molecule has 166 valence electrons. The van der Waals surface area contributed by atoms with Crippen LogP contribution in [0.2, 0.25) is 0 Å². The Morgan fingerprint density at radius 3 is 2.66 bits per heavy atom. The van der Waals surface area contributed by atoms with Gasteiger partial charge in [0.05, 0.1) is 5.92 Å². The van der Waals surface area contributed by atoms with E-state index >= 15 is 0 Å². The van der Waals surface area contributed by atoms with Gasteiger partial charge in [0.25, 0.3) is 5.91 Å². The van der Waals surface area contributed by atoms with Crippen LogP contribution in [0.1, 0.15) is 36.7 Å². The Kier molecular flexibility index (Phi) is 6.10. The summed E-state index contributed by atoms with van der Waals surface area (Å²) < 4.78 is 20.5. The third kappa shape index (κ3) is 5.23. The summed E-state index contributed by atoms with van der Waals surface area (Å²) in [5.74, 6) is -0.0114. The number of nitrogens with one attached hydrogen (secondary N) is 3. The highest BCUT2D eigenvalue weighted by molar-refractivity contribution is 6.04. The number of hydrogen-bond donors (Lipinski definition) is 3. The molecular formula is C25H27FN4O2. The molecule has 0 aromatic heterocycles. The summed E-state index contributed by atoms with van der Waals surface area (Å²) in [6.45, 7) is 7.02. The first-order valence-electron chi connectivity index (χ1n) is 10.6. The second kappa shape index (κ2) is 8.96. The van der Waals surface area contributed by atoms with Crippen LogP contribution in [0.25, 0.3) is 0 Å². The maximum atomic E-state index is 14.7. The summed E-state index contributed by atoms with van der Waals surface area (Å²) in [7, 11) is 0. The molecule has 1 amide bonds. The summed E-state index contributed by atoms with van der Waals surface area (Å²) in [5.41, 5.74) is 1.97. The maximum Gasteiger partial charge on any atom is 0.255 e. The number of anilines is 1. The van der Waals surface area contributed by atoms with Crippen LogP contribution in [0.5, 0.6) is 5.75 Å². The first-order chi connectivity index (χ1) is 15.3. The van der Waals surface area contributed by atoms with Crippen LogP contribution in [-0.4, -0.2) is 23.4 Å². The van der Waals surface area contributed by atoms with Crippen molar-refractivity contribution in [1.82, 2.24) is 10.6 Å². The minimum absolute atomic E-state index is 0.0177. The predicted molar refractivity (Wildman–Crippen MR) is 124 cm³/mol. The van der Waals surface area contributed by atoms with Crippen molar-refractivity contribution < 1.29 is 13.9 Å². The molecule has 0 spiro atoms. The summed E-state index contributed by atoms with van der Waals surface area (Å²) in [6, 6.07) is 11.8. The molecular weight excluding hydrogens is 407 g/mol. The van der Waals surface area contributed by atoms with Gasteiger partial charge in [0.1, 0.15) is 11.9 Å². The fourth-order valence-corrected chi connectivity index (χ4v) is 3.42. The molecule has 0 saturated carbocycles. The number of aliphatic imine (C=N–C) groups is 1. The number of nitrogens with zero attached hydrogens (tertiary/aromatic N) is 1. The van der Waals surface area contributed by atoms with Crippen LogP contribution in [0.4, 0.5) is 10.1 Å². The van der Waals surface area contributed by atoms with Crippen LogP contribution < -0.4 is 20.7 Å². The molecule has 2 unspecified atom stereocenters. The quantitative estimate of drug-likeness (QED) is 0.631. The van der Waals surface area contributed by atoms with Crippen molar-refractivity contribution in [1.29, 1.82) is 0 Å². The Balaban J connectivity index is 1.37. The number of carbonyl (C=O) groups is 1. The molecule has 0 radical (unpaired) electrons. The van der Waals surface area contributed by atoms with Crippen molar-refractivity contribution in [3.8, 4) is 5.75 Å². The molecule has 3 N–H and O–H groups in total. The molecule has 0 fully saturated rings. The molecule has 0 saturated heterocycles. The molecule has 2 aliphatic rings. The van der Waals surface area contributed by atoms with Gasteiger partial charge in [-0.25, -0.2) is 9.38 Å². The number of hydrogen-bond acceptors (Lipinski definition) is 5. The van der Waals surface area contributed by atoms with E-state index in [1.807, 2.05) is 18.2 Å². The van der Waals surface area contributed by atoms with Gasteiger partial charge in [-0.1, -0.05) is 18.2 Å². The average molecular weight is 435 g/mol. The van der Waals surface area contributed by atoms with Crippen LogP contribution >= 0.6 is 0 Å². The smallest absolute Gasteiger partial charge is 0.255 e. The van der Waals surface area contributed by atoms with Gasteiger partial charge in [0.2, 0.25) is 0 Å². The Morgan fingerprint density at radius 1 is 1.16 bits per heavy atom. The van der Waals surface area contributed by atoms with Gasteiger partial charge in [0.15, 0.2) is 11.6 Å². The van der Waals surface area contributed by atoms with E-state index in [-0.39, 0.29) is 29.2 Å². The highest BCUT2D eigenvalue weighted by Crippen LogP contribution is 2.27. The third-order valence-corrected chi connectivity index (χ3v) is 5.19. The molecule has 2 aromatic rings. The van der Waals surface area contributed by atoms with Gasteiger partial charge in [-0.3, -0.25) is 4.79 Å². The largest absolute Gasteiger partial charge is 0.482 e. The minimum Gasteiger partial charge on any atom is -0.482 e. The Labute approximate surface area is 187 Å². The minimum atomic E-state index is -0.543. The van der Waals surface area contributed by atoms with Gasteiger partial charge in [-0.15, -0.1) is 0 Å². The summed E-state index contributed by atoms with van der Waals surface area (Å²) >= 11 is 0. The van der Waals surface area contributed by atoms with Gasteiger partial charge >= 0.3 is 0 Å². The third-order valence-electron chi connectivity index (χ3n) is 5.19. The summed E-state index contributed by atoms with van der Waals surface area (Å²) in [6.07, 6.45) is 6.82. The zero-order valence-corrected chi connectivity index (χ0v) is 18.4. The highest BCUT2D eigenvalue weighted by Gasteiger charge is 2.29. The molecule has 2 aliphatic heterocycles. The molecule has 32 heavy (non-hydrogen) atoms. The SMILES string of the molecule is CC(C)(C)NCc1ccc(C(=O)Nc2ccc(OC3C=CN=C4NC=CC43)c(F)c2)cc1. The molecule has 7 heteroatoms. The van der Waals surface area contributed by atoms with Crippen molar-refractivity contribution in [3.05, 3.63) is 84.0 Å². The van der Waals surface area contributed by atoms with Crippen molar-refractivity contribution in [2.75, 3.05) is 5.32 Å². The fraction of sp³-hybridized carbons (Fsp3) is 0.280. The van der Waals surface area contributed by atoms with Gasteiger partial charge in [-0.2, -0.15) is 0 Å². The lowest BCUT2D eigenvalue weighted by atomic mass is 10.0. The molecule has 2 heterocycles. The van der Waals surface area contributed by atoms with Crippen LogP contribution in [0.15, 0.2) is 72.0 Å². The number of amides is 1. The van der Waals surface area contributed by atoms with Gasteiger partial charge in [-0.05, 0) is 62.9 Å². The standard InChI is InChI=1S/C25H27FN4O2/c1-25(2,3)29-15-16-4-6-17(7-5-16)24(31)30-18-8-9-22(20(26)14-18)32-21-11-13-28-23-19(21)10-12-27-23/h4-14,19,21,29H,15H2,1-3H3,(H,27,28)(H,30,31). The number of rotatable bonds is 6. The first kappa shape index (κ1) is 21.8. The number of benzene rings is 2. The van der Waals surface area contributed by atoms with Crippen molar-refractivity contribution >= 4 is 17.4 Å². The Morgan fingerprint density at radius 2 is 1.94 bits per heavy atom. The van der Waals surface area contributed by atoms with Crippen LogP contribution in [0.3, 0.4) is 0 Å². The van der Waals surface area contributed by atoms with Crippen molar-refractivity contribution in [3.63, 3.8) is 0 Å². The van der Waals surface area contributed by atoms with E-state index in [1.54, 1.807) is 36.7 Å². The number of carbonyl (C=O) groups excluding carboxylic acids is 1. The summed E-state index contributed by atoms with van der Waals surface area (Å²) in [4.78, 5) is 16.8. The van der Waals surface area contributed by atoms with Gasteiger partial charge in [0, 0.05) is 35.6 Å². The number of halogens is 1. The predicted octanol–water partition coefficient (Wildman–Crippen LogP) is 4.37. The first-order valence-corrected chi connectivity index (χ1v) is 10.6. The normalized spacial score (nSPS) is 19.2. The number of amidine groups is 1.